The zero-order chi connectivity index (χ0) is 17.1. The summed E-state index contributed by atoms with van der Waals surface area (Å²) in [6, 6.07) is 11.4. The molecule has 0 aliphatic heterocycles. The van der Waals surface area contributed by atoms with Crippen LogP contribution < -0.4 is 5.56 Å². The van der Waals surface area contributed by atoms with E-state index in [1.54, 1.807) is 0 Å². The molecule has 118 valence electrons. The molecular formula is C16H11N5O2S. The van der Waals surface area contributed by atoms with Crippen LogP contribution in [0.1, 0.15) is 11.1 Å². The van der Waals surface area contributed by atoms with Crippen molar-refractivity contribution in [3.05, 3.63) is 57.2 Å². The van der Waals surface area contributed by atoms with Gasteiger partial charge in [-0.2, -0.15) is 5.26 Å². The maximum absolute atomic E-state index is 11.9. The van der Waals surface area contributed by atoms with Gasteiger partial charge in [0.15, 0.2) is 5.69 Å². The summed E-state index contributed by atoms with van der Waals surface area (Å²) in [5, 5.41) is 28.7. The highest BCUT2D eigenvalue weighted by atomic mass is 32.1. The Morgan fingerprint density at radius 3 is 2.75 bits per heavy atom. The fourth-order valence-electron chi connectivity index (χ4n) is 2.10. The molecule has 0 aliphatic carbocycles. The highest BCUT2D eigenvalue weighted by Crippen LogP contribution is 2.29. The number of pyridine rings is 1. The van der Waals surface area contributed by atoms with Crippen LogP contribution in [0.15, 0.2) is 50.7 Å². The van der Waals surface area contributed by atoms with Crippen molar-refractivity contribution in [1.82, 2.24) is 9.97 Å². The molecule has 3 aromatic rings. The molecule has 0 bridgehead atoms. The fourth-order valence-corrected chi connectivity index (χ4v) is 2.74. The Bertz CT molecular complexity index is 1020. The quantitative estimate of drug-likeness (QED) is 0.707. The minimum Gasteiger partial charge on any atom is -0.494 e. The van der Waals surface area contributed by atoms with Crippen LogP contribution in [0.25, 0.3) is 11.3 Å². The number of nitrogens with zero attached hydrogens (tertiary/aromatic N) is 4. The number of hydrogen-bond acceptors (Lipinski definition) is 7. The van der Waals surface area contributed by atoms with Crippen molar-refractivity contribution < 1.29 is 5.11 Å². The Hall–Kier alpha value is -3.31. The van der Waals surface area contributed by atoms with Crippen LogP contribution in [-0.2, 0) is 0 Å². The van der Waals surface area contributed by atoms with E-state index in [2.05, 4.69) is 20.2 Å². The topological polar surface area (TPSA) is 114 Å². The fraction of sp³-hybridized carbons (Fsp3) is 0.0625. The Kier molecular flexibility index (Phi) is 4.18. The number of aromatic hydroxyl groups is 1. The van der Waals surface area contributed by atoms with Gasteiger partial charge in [-0.1, -0.05) is 30.3 Å². The van der Waals surface area contributed by atoms with Crippen LogP contribution in [0.4, 0.5) is 10.8 Å². The number of aromatic nitrogens is 2. The standard InChI is InChI=1S/C16H11N5O2S/c1-9-11(7-17)14(22)19-15(23)13(9)20-21-16-18-12(8-24-16)10-5-3-2-4-6-10/h2-6,8H,1H3,(H2,19,22,23). The summed E-state index contributed by atoms with van der Waals surface area (Å²) in [7, 11) is 0. The van der Waals surface area contributed by atoms with E-state index in [-0.39, 0.29) is 16.8 Å². The highest BCUT2D eigenvalue weighted by molar-refractivity contribution is 7.13. The lowest BCUT2D eigenvalue weighted by molar-refractivity contribution is 0.449. The Balaban J connectivity index is 1.95. The van der Waals surface area contributed by atoms with Crippen LogP contribution in [0, 0.1) is 18.3 Å². The van der Waals surface area contributed by atoms with Crippen LogP contribution >= 0.6 is 11.3 Å². The number of nitriles is 1. The van der Waals surface area contributed by atoms with Gasteiger partial charge in [0.05, 0.1) is 5.69 Å². The zero-order valence-corrected chi connectivity index (χ0v) is 13.3. The van der Waals surface area contributed by atoms with Crippen LogP contribution in [0.3, 0.4) is 0 Å². The normalized spacial score (nSPS) is 10.8. The van der Waals surface area contributed by atoms with Gasteiger partial charge in [-0.15, -0.1) is 21.6 Å². The third kappa shape index (κ3) is 2.93. The maximum atomic E-state index is 11.9. The van der Waals surface area contributed by atoms with E-state index in [0.29, 0.717) is 5.13 Å². The number of thiazole rings is 1. The molecule has 0 saturated carbocycles. The van der Waals surface area contributed by atoms with E-state index in [9.17, 15) is 9.90 Å². The van der Waals surface area contributed by atoms with Crippen molar-refractivity contribution in [1.29, 1.82) is 5.26 Å². The molecule has 0 fully saturated rings. The van der Waals surface area contributed by atoms with E-state index >= 15 is 0 Å². The van der Waals surface area contributed by atoms with Gasteiger partial charge in [-0.05, 0) is 6.92 Å². The smallest absolute Gasteiger partial charge is 0.278 e. The molecule has 0 radical (unpaired) electrons. The van der Waals surface area contributed by atoms with Crippen molar-refractivity contribution in [2.75, 3.05) is 0 Å². The van der Waals surface area contributed by atoms with Gasteiger partial charge < -0.3 is 5.11 Å². The third-order valence-corrected chi connectivity index (χ3v) is 4.05. The first-order chi connectivity index (χ1) is 11.6. The molecule has 0 spiro atoms. The van der Waals surface area contributed by atoms with Gasteiger partial charge in [0.25, 0.3) is 5.56 Å². The summed E-state index contributed by atoms with van der Waals surface area (Å²) < 4.78 is 0. The van der Waals surface area contributed by atoms with Crippen molar-refractivity contribution in [2.45, 2.75) is 6.92 Å². The van der Waals surface area contributed by atoms with Crippen molar-refractivity contribution in [2.24, 2.45) is 10.2 Å². The van der Waals surface area contributed by atoms with E-state index in [1.165, 1.54) is 18.3 Å². The highest BCUT2D eigenvalue weighted by Gasteiger charge is 2.14. The van der Waals surface area contributed by atoms with Crippen LogP contribution in [-0.4, -0.2) is 15.1 Å². The predicted octanol–water partition coefficient (Wildman–Crippen LogP) is 3.80. The van der Waals surface area contributed by atoms with Crippen molar-refractivity contribution in [3.8, 4) is 23.2 Å². The third-order valence-electron chi connectivity index (χ3n) is 3.32. The van der Waals surface area contributed by atoms with Crippen LogP contribution in [0.2, 0.25) is 0 Å². The first-order valence-electron chi connectivity index (χ1n) is 6.88. The van der Waals surface area contributed by atoms with Gasteiger partial charge in [-0.3, -0.25) is 9.78 Å². The van der Waals surface area contributed by atoms with Gasteiger partial charge >= 0.3 is 0 Å². The molecular weight excluding hydrogens is 326 g/mol. The molecule has 8 heteroatoms. The lowest BCUT2D eigenvalue weighted by Crippen LogP contribution is -2.08. The molecule has 24 heavy (non-hydrogen) atoms. The molecule has 0 amide bonds. The summed E-state index contributed by atoms with van der Waals surface area (Å²) in [4.78, 5) is 18.4. The number of rotatable bonds is 3. The lowest BCUT2D eigenvalue weighted by Gasteiger charge is -2.02. The van der Waals surface area contributed by atoms with E-state index in [4.69, 9.17) is 5.26 Å². The molecule has 0 saturated heterocycles. The first-order valence-corrected chi connectivity index (χ1v) is 7.76. The second-order valence-electron chi connectivity index (χ2n) is 4.84. The summed E-state index contributed by atoms with van der Waals surface area (Å²) in [6.07, 6.45) is 0. The molecule has 7 nitrogen and oxygen atoms in total. The average molecular weight is 337 g/mol. The minimum absolute atomic E-state index is 0.0270. The molecule has 0 unspecified atom stereocenters. The molecule has 3 rings (SSSR count). The maximum Gasteiger partial charge on any atom is 0.278 e. The number of H-pyrrole nitrogens is 1. The minimum atomic E-state index is -0.618. The SMILES string of the molecule is Cc1c(C#N)c(O)[nH]c(=O)c1N=Nc1nc(-c2ccccc2)cs1. The second-order valence-corrected chi connectivity index (χ2v) is 5.68. The molecule has 0 atom stereocenters. The predicted molar refractivity (Wildman–Crippen MR) is 89.9 cm³/mol. The van der Waals surface area contributed by atoms with E-state index in [0.717, 1.165) is 11.3 Å². The molecule has 2 N–H and O–H groups in total. The van der Waals surface area contributed by atoms with Crippen molar-refractivity contribution >= 4 is 22.2 Å². The molecule has 0 aliphatic rings. The summed E-state index contributed by atoms with van der Waals surface area (Å²) in [5.74, 6) is -0.473. The number of benzene rings is 1. The van der Waals surface area contributed by atoms with Gasteiger partial charge in [0, 0.05) is 16.5 Å². The van der Waals surface area contributed by atoms with Gasteiger partial charge in [0.1, 0.15) is 11.6 Å². The molecule has 2 aromatic heterocycles. The van der Waals surface area contributed by atoms with Gasteiger partial charge in [-0.25, -0.2) is 4.98 Å². The Labute approximate surface area is 140 Å². The van der Waals surface area contributed by atoms with E-state index < -0.39 is 11.4 Å². The Morgan fingerprint density at radius 1 is 1.29 bits per heavy atom. The average Bonchev–Trinajstić information content (AvgIpc) is 3.04. The number of aromatic amines is 1. The lowest BCUT2D eigenvalue weighted by atomic mass is 10.1. The van der Waals surface area contributed by atoms with Crippen LogP contribution in [0.5, 0.6) is 5.88 Å². The summed E-state index contributed by atoms with van der Waals surface area (Å²) in [6.45, 7) is 1.53. The molecule has 2 heterocycles. The summed E-state index contributed by atoms with van der Waals surface area (Å²) in [5.41, 5.74) is 1.31. The number of nitrogens with one attached hydrogen (secondary N) is 1. The van der Waals surface area contributed by atoms with E-state index in [1.807, 2.05) is 41.8 Å². The number of azo groups is 1. The zero-order valence-electron chi connectivity index (χ0n) is 12.5. The Morgan fingerprint density at radius 2 is 2.04 bits per heavy atom. The molecule has 1 aromatic carbocycles. The monoisotopic (exact) mass is 337 g/mol. The second kappa shape index (κ2) is 6.44. The summed E-state index contributed by atoms with van der Waals surface area (Å²) >= 11 is 1.29. The number of hydrogen-bond donors (Lipinski definition) is 2. The van der Waals surface area contributed by atoms with Crippen molar-refractivity contribution in [3.63, 3.8) is 0 Å². The largest absolute Gasteiger partial charge is 0.494 e. The first kappa shape index (κ1) is 15.6. The van der Waals surface area contributed by atoms with Gasteiger partial charge in [0.2, 0.25) is 11.0 Å².